The van der Waals surface area contributed by atoms with Gasteiger partial charge in [0.05, 0.1) is 0 Å². The minimum absolute atomic E-state index is 0.215. The van der Waals surface area contributed by atoms with Crippen LogP contribution >= 0.6 is 11.8 Å². The molecule has 0 aromatic rings. The molecule has 1 aliphatic rings. The van der Waals surface area contributed by atoms with Crippen LogP contribution in [0.1, 0.15) is 6.92 Å². The van der Waals surface area contributed by atoms with Crippen molar-refractivity contribution in [2.45, 2.75) is 12.3 Å². The van der Waals surface area contributed by atoms with Gasteiger partial charge in [0.2, 0.25) is 5.91 Å². The second-order valence-electron chi connectivity index (χ2n) is 3.39. The molecule has 1 heterocycles. The Labute approximate surface area is 94.6 Å². The van der Waals surface area contributed by atoms with Crippen molar-refractivity contribution in [2.75, 3.05) is 24.3 Å². The molecular formula is C9H15NO3S2. The Morgan fingerprint density at radius 3 is 2.73 bits per heavy atom. The van der Waals surface area contributed by atoms with E-state index in [1.54, 1.807) is 24.8 Å². The van der Waals surface area contributed by atoms with Gasteiger partial charge in [-0.1, -0.05) is 6.08 Å². The van der Waals surface area contributed by atoms with Gasteiger partial charge in [0, 0.05) is 24.3 Å². The smallest absolute Gasteiger partial charge is 0.247 e. The van der Waals surface area contributed by atoms with Gasteiger partial charge in [0.1, 0.15) is 5.37 Å². The maximum Gasteiger partial charge on any atom is 0.247 e. The van der Waals surface area contributed by atoms with Gasteiger partial charge in [-0.3, -0.25) is 4.79 Å². The SMILES string of the molecule is CC=CC(=O)N1CCSCC1S(C)(=O)=O. The Balaban J connectivity index is 2.88. The number of thioether (sulfide) groups is 1. The summed E-state index contributed by atoms with van der Waals surface area (Å²) >= 11 is 1.57. The zero-order chi connectivity index (χ0) is 11.5. The third-order valence-electron chi connectivity index (χ3n) is 2.17. The predicted molar refractivity (Wildman–Crippen MR) is 62.5 cm³/mol. The van der Waals surface area contributed by atoms with E-state index in [1.807, 2.05) is 0 Å². The average Bonchev–Trinajstić information content (AvgIpc) is 2.17. The van der Waals surface area contributed by atoms with Crippen LogP contribution < -0.4 is 0 Å². The van der Waals surface area contributed by atoms with Gasteiger partial charge in [-0.05, 0) is 13.0 Å². The summed E-state index contributed by atoms with van der Waals surface area (Å²) < 4.78 is 22.9. The zero-order valence-corrected chi connectivity index (χ0v) is 10.5. The van der Waals surface area contributed by atoms with Crippen LogP contribution in [0.15, 0.2) is 12.2 Å². The molecule has 4 nitrogen and oxygen atoms in total. The van der Waals surface area contributed by atoms with Gasteiger partial charge in [0.25, 0.3) is 0 Å². The van der Waals surface area contributed by atoms with Crippen LogP contribution in [-0.2, 0) is 14.6 Å². The fraction of sp³-hybridized carbons (Fsp3) is 0.667. The van der Waals surface area contributed by atoms with Crippen LogP contribution in [0.2, 0.25) is 0 Å². The number of sulfone groups is 1. The van der Waals surface area contributed by atoms with Crippen molar-refractivity contribution >= 4 is 27.5 Å². The first-order valence-corrected chi connectivity index (χ1v) is 7.77. The highest BCUT2D eigenvalue weighted by Crippen LogP contribution is 2.20. The number of nitrogens with zero attached hydrogens (tertiary/aromatic N) is 1. The number of rotatable bonds is 2. The molecule has 86 valence electrons. The minimum atomic E-state index is -3.19. The molecule has 6 heteroatoms. The molecule has 0 radical (unpaired) electrons. The normalized spacial score (nSPS) is 23.3. The lowest BCUT2D eigenvalue weighted by Crippen LogP contribution is -2.49. The molecule has 1 aliphatic heterocycles. The summed E-state index contributed by atoms with van der Waals surface area (Å²) in [6.45, 7) is 2.25. The third-order valence-corrected chi connectivity index (χ3v) is 4.81. The summed E-state index contributed by atoms with van der Waals surface area (Å²) in [5.41, 5.74) is 0. The Hall–Kier alpha value is -0.490. The van der Waals surface area contributed by atoms with Crippen LogP contribution in [0.4, 0.5) is 0 Å². The number of allylic oxidation sites excluding steroid dienone is 1. The van der Waals surface area contributed by atoms with E-state index in [-0.39, 0.29) is 5.91 Å². The fourth-order valence-electron chi connectivity index (χ4n) is 1.43. The van der Waals surface area contributed by atoms with Gasteiger partial charge in [-0.15, -0.1) is 0 Å². The molecule has 0 saturated carbocycles. The van der Waals surface area contributed by atoms with Crippen LogP contribution in [0.3, 0.4) is 0 Å². The molecule has 0 spiro atoms. The topological polar surface area (TPSA) is 54.5 Å². The lowest BCUT2D eigenvalue weighted by atomic mass is 10.4. The molecule has 1 rings (SSSR count). The second kappa shape index (κ2) is 5.03. The lowest BCUT2D eigenvalue weighted by Gasteiger charge is -2.33. The van der Waals surface area contributed by atoms with Crippen molar-refractivity contribution in [1.82, 2.24) is 4.90 Å². The van der Waals surface area contributed by atoms with E-state index in [0.717, 1.165) is 5.75 Å². The zero-order valence-electron chi connectivity index (χ0n) is 8.84. The molecule has 0 aliphatic carbocycles. The van der Waals surface area contributed by atoms with E-state index in [2.05, 4.69) is 0 Å². The van der Waals surface area contributed by atoms with Crippen LogP contribution in [0, 0.1) is 0 Å². The predicted octanol–water partition coefficient (Wildman–Crippen LogP) is 0.509. The van der Waals surface area contributed by atoms with Crippen molar-refractivity contribution in [2.24, 2.45) is 0 Å². The minimum Gasteiger partial charge on any atom is -0.320 e. The standard InChI is InChI=1S/C9H15NO3S2/c1-3-4-8(11)10-5-6-14-7-9(10)15(2,12)13/h3-4,9H,5-7H2,1-2H3. The summed E-state index contributed by atoms with van der Waals surface area (Å²) in [5, 5.41) is -0.667. The van der Waals surface area contributed by atoms with Crippen molar-refractivity contribution in [3.8, 4) is 0 Å². The summed E-state index contributed by atoms with van der Waals surface area (Å²) in [5.74, 6) is 1.06. The Morgan fingerprint density at radius 1 is 1.53 bits per heavy atom. The van der Waals surface area contributed by atoms with Crippen LogP contribution in [-0.4, -0.2) is 48.9 Å². The van der Waals surface area contributed by atoms with Crippen molar-refractivity contribution in [3.05, 3.63) is 12.2 Å². The molecule has 1 fully saturated rings. The Morgan fingerprint density at radius 2 is 2.20 bits per heavy atom. The van der Waals surface area contributed by atoms with E-state index in [1.165, 1.54) is 17.2 Å². The molecule has 1 amide bonds. The molecule has 1 saturated heterocycles. The Kier molecular flexibility index (Phi) is 4.21. The monoisotopic (exact) mass is 249 g/mol. The molecule has 1 atom stereocenters. The average molecular weight is 249 g/mol. The number of carbonyl (C=O) groups is 1. The first kappa shape index (κ1) is 12.6. The summed E-state index contributed by atoms with van der Waals surface area (Å²) in [6, 6.07) is 0. The maximum atomic E-state index is 11.6. The summed E-state index contributed by atoms with van der Waals surface area (Å²) in [6.07, 6.45) is 4.22. The molecule has 1 unspecified atom stereocenters. The largest absolute Gasteiger partial charge is 0.320 e. The van der Waals surface area contributed by atoms with Gasteiger partial charge in [-0.25, -0.2) is 8.42 Å². The first-order chi connectivity index (χ1) is 6.96. The van der Waals surface area contributed by atoms with Crippen LogP contribution in [0.5, 0.6) is 0 Å². The number of hydrogen-bond acceptors (Lipinski definition) is 4. The summed E-state index contributed by atoms with van der Waals surface area (Å²) in [4.78, 5) is 13.1. The number of amides is 1. The molecular weight excluding hydrogens is 234 g/mol. The highest BCUT2D eigenvalue weighted by Gasteiger charge is 2.32. The van der Waals surface area contributed by atoms with Gasteiger partial charge >= 0.3 is 0 Å². The van der Waals surface area contributed by atoms with Gasteiger partial charge < -0.3 is 4.90 Å². The van der Waals surface area contributed by atoms with E-state index in [9.17, 15) is 13.2 Å². The second-order valence-corrected chi connectivity index (χ2v) is 6.74. The quantitative estimate of drug-likeness (QED) is 0.669. The highest BCUT2D eigenvalue weighted by atomic mass is 32.2. The van der Waals surface area contributed by atoms with Gasteiger partial charge in [0.15, 0.2) is 9.84 Å². The maximum absolute atomic E-state index is 11.6. The van der Waals surface area contributed by atoms with Crippen molar-refractivity contribution < 1.29 is 13.2 Å². The highest BCUT2D eigenvalue weighted by molar-refractivity contribution is 8.00. The third kappa shape index (κ3) is 3.24. The van der Waals surface area contributed by atoms with Crippen molar-refractivity contribution in [1.29, 1.82) is 0 Å². The molecule has 0 bridgehead atoms. The number of hydrogen-bond donors (Lipinski definition) is 0. The molecule has 15 heavy (non-hydrogen) atoms. The lowest BCUT2D eigenvalue weighted by molar-refractivity contribution is -0.126. The Bertz CT molecular complexity index is 362. The number of carbonyl (C=O) groups excluding carboxylic acids is 1. The van der Waals surface area contributed by atoms with Crippen LogP contribution in [0.25, 0.3) is 0 Å². The van der Waals surface area contributed by atoms with Crippen molar-refractivity contribution in [3.63, 3.8) is 0 Å². The first-order valence-electron chi connectivity index (χ1n) is 4.66. The molecule has 0 aromatic heterocycles. The van der Waals surface area contributed by atoms with E-state index < -0.39 is 15.2 Å². The van der Waals surface area contributed by atoms with Gasteiger partial charge in [-0.2, -0.15) is 11.8 Å². The fourth-order valence-corrected chi connectivity index (χ4v) is 4.25. The van der Waals surface area contributed by atoms with E-state index in [4.69, 9.17) is 0 Å². The molecule has 0 N–H and O–H groups in total. The molecule has 0 aromatic carbocycles. The summed E-state index contributed by atoms with van der Waals surface area (Å²) in [7, 11) is -3.19. The van der Waals surface area contributed by atoms with E-state index in [0.29, 0.717) is 12.3 Å². The van der Waals surface area contributed by atoms with E-state index >= 15 is 0 Å².